The van der Waals surface area contributed by atoms with E-state index in [1.807, 2.05) is 36.0 Å². The highest BCUT2D eigenvalue weighted by Crippen LogP contribution is 2.16. The molecule has 1 unspecified atom stereocenters. The smallest absolute Gasteiger partial charge is 0.244 e. The van der Waals surface area contributed by atoms with Gasteiger partial charge in [0.15, 0.2) is 0 Å². The molecule has 0 saturated carbocycles. The summed E-state index contributed by atoms with van der Waals surface area (Å²) < 4.78 is 0. The van der Waals surface area contributed by atoms with E-state index in [4.69, 9.17) is 5.73 Å². The maximum atomic E-state index is 11.6. The zero-order valence-electron chi connectivity index (χ0n) is 9.56. The number of hydrogen-bond donors (Lipinski definition) is 2. The van der Waals surface area contributed by atoms with Gasteiger partial charge in [-0.25, -0.2) is 0 Å². The lowest BCUT2D eigenvalue weighted by atomic mass is 10.2. The first-order valence-electron chi connectivity index (χ1n) is 5.66. The molecule has 1 amide bonds. The van der Waals surface area contributed by atoms with Gasteiger partial charge in [0.2, 0.25) is 5.91 Å². The summed E-state index contributed by atoms with van der Waals surface area (Å²) in [6.07, 6.45) is 4.46. The first-order valence-corrected chi connectivity index (χ1v) is 6.81. The van der Waals surface area contributed by atoms with E-state index in [1.165, 1.54) is 0 Å². The second-order valence-corrected chi connectivity index (χ2v) is 5.22. The largest absolute Gasteiger partial charge is 0.399 e. The number of anilines is 1. The Morgan fingerprint density at radius 1 is 1.41 bits per heavy atom. The average molecular weight is 248 g/mol. The van der Waals surface area contributed by atoms with Gasteiger partial charge in [-0.1, -0.05) is 12.1 Å². The third-order valence-corrected chi connectivity index (χ3v) is 3.80. The number of nitrogens with one attached hydrogen (secondary N) is 1. The zero-order valence-corrected chi connectivity index (χ0v) is 10.4. The second-order valence-electron chi connectivity index (χ2n) is 4.07. The maximum Gasteiger partial charge on any atom is 0.244 e. The van der Waals surface area contributed by atoms with Gasteiger partial charge >= 0.3 is 0 Å². The molecule has 0 aliphatic carbocycles. The molecule has 90 valence electrons. The van der Waals surface area contributed by atoms with Crippen LogP contribution in [0.1, 0.15) is 12.0 Å². The Labute approximate surface area is 105 Å². The van der Waals surface area contributed by atoms with Crippen molar-refractivity contribution in [1.82, 2.24) is 5.32 Å². The Morgan fingerprint density at radius 3 is 2.82 bits per heavy atom. The molecule has 1 heterocycles. The molecule has 1 aromatic carbocycles. The Bertz CT molecular complexity index is 408. The van der Waals surface area contributed by atoms with Crippen molar-refractivity contribution in [2.75, 3.05) is 17.2 Å². The molecule has 17 heavy (non-hydrogen) atoms. The number of rotatable bonds is 3. The average Bonchev–Trinajstić information content (AvgIpc) is 2.81. The molecule has 0 spiro atoms. The fourth-order valence-electron chi connectivity index (χ4n) is 1.68. The highest BCUT2D eigenvalue weighted by molar-refractivity contribution is 7.99. The molecule has 0 bridgehead atoms. The number of hydrogen-bond acceptors (Lipinski definition) is 3. The molecule has 3 nitrogen and oxygen atoms in total. The standard InChI is InChI=1S/C13H16N2OS/c14-11-4-1-10(2-5-11)3-6-13(16)15-12-7-8-17-9-12/h1-6,12H,7-9,14H2,(H,15,16)/b6-3+. The summed E-state index contributed by atoms with van der Waals surface area (Å²) in [5.41, 5.74) is 7.30. The molecule has 2 rings (SSSR count). The predicted octanol–water partition coefficient (Wildman–Crippen LogP) is 1.90. The van der Waals surface area contributed by atoms with Gasteiger partial charge in [0, 0.05) is 23.6 Å². The Kier molecular flexibility index (Phi) is 4.09. The molecule has 1 atom stereocenters. The number of thioether (sulfide) groups is 1. The van der Waals surface area contributed by atoms with Crippen molar-refractivity contribution in [3.63, 3.8) is 0 Å². The van der Waals surface area contributed by atoms with E-state index >= 15 is 0 Å². The molecule has 4 heteroatoms. The van der Waals surface area contributed by atoms with E-state index in [0.717, 1.165) is 29.2 Å². The van der Waals surface area contributed by atoms with Gasteiger partial charge in [-0.2, -0.15) is 11.8 Å². The molecule has 1 saturated heterocycles. The molecular formula is C13H16N2OS. The molecule has 3 N–H and O–H groups in total. The van der Waals surface area contributed by atoms with E-state index < -0.39 is 0 Å². The summed E-state index contributed by atoms with van der Waals surface area (Å²) in [7, 11) is 0. The van der Waals surface area contributed by atoms with Crippen LogP contribution in [0.25, 0.3) is 6.08 Å². The van der Waals surface area contributed by atoms with Crippen LogP contribution in [-0.4, -0.2) is 23.5 Å². The normalized spacial score (nSPS) is 19.6. The van der Waals surface area contributed by atoms with Gasteiger partial charge in [-0.15, -0.1) is 0 Å². The van der Waals surface area contributed by atoms with Crippen LogP contribution in [0.2, 0.25) is 0 Å². The van der Waals surface area contributed by atoms with Crippen molar-refractivity contribution in [2.45, 2.75) is 12.5 Å². The minimum absolute atomic E-state index is 0.0191. The minimum atomic E-state index is -0.0191. The summed E-state index contributed by atoms with van der Waals surface area (Å²) >= 11 is 1.89. The van der Waals surface area contributed by atoms with Crippen LogP contribution in [0.15, 0.2) is 30.3 Å². The van der Waals surface area contributed by atoms with Crippen LogP contribution >= 0.6 is 11.8 Å². The Hall–Kier alpha value is -1.42. The number of carbonyl (C=O) groups is 1. The second kappa shape index (κ2) is 5.77. The summed E-state index contributed by atoms with van der Waals surface area (Å²) in [5, 5.41) is 2.99. The summed E-state index contributed by atoms with van der Waals surface area (Å²) in [6.45, 7) is 0. The van der Waals surface area contributed by atoms with Crippen LogP contribution in [0, 0.1) is 0 Å². The van der Waals surface area contributed by atoms with Crippen molar-refractivity contribution in [1.29, 1.82) is 0 Å². The van der Waals surface area contributed by atoms with Gasteiger partial charge < -0.3 is 11.1 Å². The highest BCUT2D eigenvalue weighted by Gasteiger charge is 2.15. The van der Waals surface area contributed by atoms with E-state index in [0.29, 0.717) is 6.04 Å². The number of amides is 1. The first kappa shape index (κ1) is 12.0. The van der Waals surface area contributed by atoms with Crippen molar-refractivity contribution < 1.29 is 4.79 Å². The fraction of sp³-hybridized carbons (Fsp3) is 0.308. The van der Waals surface area contributed by atoms with Gasteiger partial charge in [0.1, 0.15) is 0 Å². The van der Waals surface area contributed by atoms with Crippen molar-refractivity contribution in [3.8, 4) is 0 Å². The summed E-state index contributed by atoms with van der Waals surface area (Å²) in [6, 6.07) is 7.77. The lowest BCUT2D eigenvalue weighted by Crippen LogP contribution is -2.33. The number of nitrogens with two attached hydrogens (primary N) is 1. The number of nitrogen functional groups attached to an aromatic ring is 1. The van der Waals surface area contributed by atoms with Crippen LogP contribution in [0.3, 0.4) is 0 Å². The monoisotopic (exact) mass is 248 g/mol. The third-order valence-electron chi connectivity index (χ3n) is 2.64. The van der Waals surface area contributed by atoms with Crippen LogP contribution in [-0.2, 0) is 4.79 Å². The molecule has 1 aliphatic rings. The van der Waals surface area contributed by atoms with E-state index in [1.54, 1.807) is 12.2 Å². The van der Waals surface area contributed by atoms with Gasteiger partial charge in [-0.3, -0.25) is 4.79 Å². The lowest BCUT2D eigenvalue weighted by molar-refractivity contribution is -0.116. The van der Waals surface area contributed by atoms with Crippen LogP contribution in [0.4, 0.5) is 5.69 Å². The number of benzene rings is 1. The fourth-order valence-corrected chi connectivity index (χ4v) is 2.83. The highest BCUT2D eigenvalue weighted by atomic mass is 32.2. The summed E-state index contributed by atoms with van der Waals surface area (Å²) in [4.78, 5) is 11.6. The lowest BCUT2D eigenvalue weighted by Gasteiger charge is -2.08. The molecule has 1 fully saturated rings. The molecule has 0 radical (unpaired) electrons. The van der Waals surface area contributed by atoms with E-state index in [2.05, 4.69) is 5.32 Å². The molecule has 1 aliphatic heterocycles. The quantitative estimate of drug-likeness (QED) is 0.634. The first-order chi connectivity index (χ1) is 8.24. The third kappa shape index (κ3) is 3.82. The maximum absolute atomic E-state index is 11.6. The molecule has 1 aromatic rings. The Balaban J connectivity index is 1.86. The van der Waals surface area contributed by atoms with Crippen molar-refractivity contribution in [3.05, 3.63) is 35.9 Å². The van der Waals surface area contributed by atoms with E-state index in [9.17, 15) is 4.79 Å². The topological polar surface area (TPSA) is 55.1 Å². The number of carbonyl (C=O) groups excluding carboxylic acids is 1. The Morgan fingerprint density at radius 2 is 2.18 bits per heavy atom. The molecular weight excluding hydrogens is 232 g/mol. The SMILES string of the molecule is Nc1ccc(/C=C/C(=O)NC2CCSC2)cc1. The minimum Gasteiger partial charge on any atom is -0.399 e. The van der Waals surface area contributed by atoms with Crippen LogP contribution < -0.4 is 11.1 Å². The summed E-state index contributed by atoms with van der Waals surface area (Å²) in [5.74, 6) is 2.16. The van der Waals surface area contributed by atoms with Crippen molar-refractivity contribution >= 4 is 29.4 Å². The van der Waals surface area contributed by atoms with Crippen LogP contribution in [0.5, 0.6) is 0 Å². The van der Waals surface area contributed by atoms with Gasteiger partial charge in [-0.05, 0) is 35.9 Å². The van der Waals surface area contributed by atoms with Gasteiger partial charge in [0.05, 0.1) is 0 Å². The van der Waals surface area contributed by atoms with Crippen molar-refractivity contribution in [2.24, 2.45) is 0 Å². The van der Waals surface area contributed by atoms with Gasteiger partial charge in [0.25, 0.3) is 0 Å². The molecule has 0 aromatic heterocycles. The van der Waals surface area contributed by atoms with E-state index in [-0.39, 0.29) is 5.91 Å². The zero-order chi connectivity index (χ0) is 12.1. The predicted molar refractivity (Wildman–Crippen MR) is 73.8 cm³/mol.